The largest absolute Gasteiger partial charge is 0.495 e. The van der Waals surface area contributed by atoms with E-state index in [1.807, 2.05) is 0 Å². The van der Waals surface area contributed by atoms with E-state index in [-0.39, 0.29) is 10.7 Å². The van der Waals surface area contributed by atoms with Crippen molar-refractivity contribution in [2.45, 2.75) is 6.54 Å². The highest BCUT2D eigenvalue weighted by atomic mass is 35.5. The third kappa shape index (κ3) is 3.32. The van der Waals surface area contributed by atoms with Crippen LogP contribution in [0, 0.1) is 11.6 Å². The highest BCUT2D eigenvalue weighted by Gasteiger charge is 2.10. The van der Waals surface area contributed by atoms with Crippen molar-refractivity contribution in [3.05, 3.63) is 57.6 Å². The van der Waals surface area contributed by atoms with Crippen LogP contribution in [0.3, 0.4) is 0 Å². The standard InChI is InChI=1S/C14H11Cl2F2NO/c1-20-13-3-2-8(4-10(13)15)7-19-14-11(16)5-9(17)6-12(14)18/h2-6,19H,7H2,1H3. The van der Waals surface area contributed by atoms with Crippen molar-refractivity contribution in [2.75, 3.05) is 12.4 Å². The van der Waals surface area contributed by atoms with E-state index in [4.69, 9.17) is 27.9 Å². The Bertz CT molecular complexity index is 612. The normalized spacial score (nSPS) is 10.4. The molecule has 0 aliphatic heterocycles. The molecule has 20 heavy (non-hydrogen) atoms. The number of halogens is 4. The van der Waals surface area contributed by atoms with Gasteiger partial charge in [-0.25, -0.2) is 8.78 Å². The van der Waals surface area contributed by atoms with Crippen LogP contribution in [-0.4, -0.2) is 7.11 Å². The van der Waals surface area contributed by atoms with E-state index in [1.165, 1.54) is 7.11 Å². The summed E-state index contributed by atoms with van der Waals surface area (Å²) < 4.78 is 31.5. The molecule has 0 radical (unpaired) electrons. The molecule has 1 N–H and O–H groups in total. The summed E-state index contributed by atoms with van der Waals surface area (Å²) in [6.45, 7) is 0.298. The van der Waals surface area contributed by atoms with E-state index < -0.39 is 11.6 Å². The Labute approximate surface area is 125 Å². The molecular weight excluding hydrogens is 307 g/mol. The summed E-state index contributed by atoms with van der Waals surface area (Å²) in [5.74, 6) is -0.901. The number of hydrogen-bond donors (Lipinski definition) is 1. The SMILES string of the molecule is COc1ccc(CNc2c(F)cc(F)cc2Cl)cc1Cl. The van der Waals surface area contributed by atoms with Gasteiger partial charge >= 0.3 is 0 Å². The smallest absolute Gasteiger partial charge is 0.150 e. The zero-order valence-corrected chi connectivity index (χ0v) is 12.0. The first-order chi connectivity index (χ1) is 9.51. The summed E-state index contributed by atoms with van der Waals surface area (Å²) in [5, 5.41) is 3.26. The van der Waals surface area contributed by atoms with Crippen LogP contribution < -0.4 is 10.1 Å². The minimum absolute atomic E-state index is 0.0119. The predicted octanol–water partition coefficient (Wildman–Crippen LogP) is 4.89. The van der Waals surface area contributed by atoms with Crippen molar-refractivity contribution < 1.29 is 13.5 Å². The second kappa shape index (κ2) is 6.29. The van der Waals surface area contributed by atoms with Gasteiger partial charge in [0, 0.05) is 12.6 Å². The lowest BCUT2D eigenvalue weighted by Gasteiger charge is -2.11. The Morgan fingerprint density at radius 3 is 2.45 bits per heavy atom. The molecule has 0 aliphatic rings. The maximum atomic E-state index is 13.6. The van der Waals surface area contributed by atoms with Crippen molar-refractivity contribution in [2.24, 2.45) is 0 Å². The average Bonchev–Trinajstić information content (AvgIpc) is 2.37. The molecule has 0 aromatic heterocycles. The van der Waals surface area contributed by atoms with Crippen molar-refractivity contribution in [3.63, 3.8) is 0 Å². The van der Waals surface area contributed by atoms with Gasteiger partial charge < -0.3 is 10.1 Å². The van der Waals surface area contributed by atoms with Crippen molar-refractivity contribution in [1.29, 1.82) is 0 Å². The Morgan fingerprint density at radius 2 is 1.85 bits per heavy atom. The van der Waals surface area contributed by atoms with E-state index in [0.29, 0.717) is 17.3 Å². The van der Waals surface area contributed by atoms with Gasteiger partial charge in [0.25, 0.3) is 0 Å². The van der Waals surface area contributed by atoms with Crippen LogP contribution in [0.2, 0.25) is 10.0 Å². The predicted molar refractivity (Wildman–Crippen MR) is 76.7 cm³/mol. The summed E-state index contributed by atoms with van der Waals surface area (Å²) in [7, 11) is 1.52. The van der Waals surface area contributed by atoms with Crippen LogP contribution in [-0.2, 0) is 6.54 Å². The fourth-order valence-corrected chi connectivity index (χ4v) is 2.26. The molecule has 0 atom stereocenters. The minimum Gasteiger partial charge on any atom is -0.495 e. The second-order valence-corrected chi connectivity index (χ2v) is 4.88. The lowest BCUT2D eigenvalue weighted by atomic mass is 10.2. The third-order valence-corrected chi connectivity index (χ3v) is 3.29. The molecule has 2 aromatic rings. The molecular formula is C14H11Cl2F2NO. The Morgan fingerprint density at radius 1 is 1.10 bits per heavy atom. The number of ether oxygens (including phenoxy) is 1. The quantitative estimate of drug-likeness (QED) is 0.866. The summed E-state index contributed by atoms with van der Waals surface area (Å²) in [6.07, 6.45) is 0. The second-order valence-electron chi connectivity index (χ2n) is 4.07. The topological polar surface area (TPSA) is 21.3 Å². The number of benzene rings is 2. The lowest BCUT2D eigenvalue weighted by Crippen LogP contribution is -2.03. The summed E-state index contributed by atoms with van der Waals surface area (Å²) >= 11 is 11.8. The molecule has 2 nitrogen and oxygen atoms in total. The zero-order valence-electron chi connectivity index (χ0n) is 10.5. The van der Waals surface area contributed by atoms with E-state index in [0.717, 1.165) is 17.7 Å². The molecule has 0 unspecified atom stereocenters. The molecule has 0 fully saturated rings. The Hall–Kier alpha value is -1.52. The van der Waals surface area contributed by atoms with Crippen LogP contribution in [0.25, 0.3) is 0 Å². The van der Waals surface area contributed by atoms with E-state index in [9.17, 15) is 8.78 Å². The number of nitrogens with one attached hydrogen (secondary N) is 1. The lowest BCUT2D eigenvalue weighted by molar-refractivity contribution is 0.415. The number of hydrogen-bond acceptors (Lipinski definition) is 2. The highest BCUT2D eigenvalue weighted by molar-refractivity contribution is 6.33. The van der Waals surface area contributed by atoms with Crippen molar-refractivity contribution in [3.8, 4) is 5.75 Å². The monoisotopic (exact) mass is 317 g/mol. The molecule has 6 heteroatoms. The molecule has 0 heterocycles. The molecule has 0 amide bonds. The van der Waals surface area contributed by atoms with Gasteiger partial charge in [-0.15, -0.1) is 0 Å². The minimum atomic E-state index is -0.741. The van der Waals surface area contributed by atoms with Gasteiger partial charge in [0.05, 0.1) is 22.8 Å². The van der Waals surface area contributed by atoms with Crippen LogP contribution in [0.4, 0.5) is 14.5 Å². The molecule has 106 valence electrons. The first-order valence-corrected chi connectivity index (χ1v) is 6.47. The van der Waals surface area contributed by atoms with Gasteiger partial charge in [0.15, 0.2) is 5.82 Å². The van der Waals surface area contributed by atoms with E-state index >= 15 is 0 Å². The van der Waals surface area contributed by atoms with Crippen LogP contribution in [0.15, 0.2) is 30.3 Å². The van der Waals surface area contributed by atoms with E-state index in [2.05, 4.69) is 5.32 Å². The van der Waals surface area contributed by atoms with Crippen LogP contribution in [0.1, 0.15) is 5.56 Å². The van der Waals surface area contributed by atoms with Crippen LogP contribution >= 0.6 is 23.2 Å². The Balaban J connectivity index is 2.15. The zero-order chi connectivity index (χ0) is 14.7. The first-order valence-electron chi connectivity index (χ1n) is 5.72. The first kappa shape index (κ1) is 14.9. The molecule has 0 spiro atoms. The molecule has 0 saturated carbocycles. The summed E-state index contributed by atoms with van der Waals surface area (Å²) in [5.41, 5.74) is 0.871. The van der Waals surface area contributed by atoms with Gasteiger partial charge in [-0.05, 0) is 23.8 Å². The van der Waals surface area contributed by atoms with Gasteiger partial charge in [-0.3, -0.25) is 0 Å². The number of rotatable bonds is 4. The maximum absolute atomic E-state index is 13.6. The van der Waals surface area contributed by atoms with Gasteiger partial charge in [0.2, 0.25) is 0 Å². The van der Waals surface area contributed by atoms with Crippen molar-refractivity contribution >= 4 is 28.9 Å². The van der Waals surface area contributed by atoms with Gasteiger partial charge in [0.1, 0.15) is 11.6 Å². The average molecular weight is 318 g/mol. The fourth-order valence-electron chi connectivity index (χ4n) is 1.72. The molecule has 0 saturated heterocycles. The third-order valence-electron chi connectivity index (χ3n) is 2.69. The summed E-state index contributed by atoms with van der Waals surface area (Å²) in [6, 6.07) is 7.01. The molecule has 2 aromatic carbocycles. The highest BCUT2D eigenvalue weighted by Crippen LogP contribution is 2.28. The van der Waals surface area contributed by atoms with Gasteiger partial charge in [-0.1, -0.05) is 29.3 Å². The molecule has 0 aliphatic carbocycles. The number of anilines is 1. The fraction of sp³-hybridized carbons (Fsp3) is 0.143. The van der Waals surface area contributed by atoms with Gasteiger partial charge in [-0.2, -0.15) is 0 Å². The van der Waals surface area contributed by atoms with Crippen LogP contribution in [0.5, 0.6) is 5.75 Å². The maximum Gasteiger partial charge on any atom is 0.150 e. The molecule has 2 rings (SSSR count). The summed E-state index contributed by atoms with van der Waals surface area (Å²) in [4.78, 5) is 0. The Kier molecular flexibility index (Phi) is 4.68. The number of methoxy groups -OCH3 is 1. The van der Waals surface area contributed by atoms with E-state index in [1.54, 1.807) is 18.2 Å². The van der Waals surface area contributed by atoms with Crippen molar-refractivity contribution in [1.82, 2.24) is 0 Å². The molecule has 0 bridgehead atoms.